The summed E-state index contributed by atoms with van der Waals surface area (Å²) in [7, 11) is 0. The molecule has 0 bridgehead atoms. The molecule has 0 saturated heterocycles. The Morgan fingerprint density at radius 2 is 1.89 bits per heavy atom. The van der Waals surface area contributed by atoms with Gasteiger partial charge >= 0.3 is 0 Å². The van der Waals surface area contributed by atoms with Crippen LogP contribution in [0.25, 0.3) is 11.4 Å². The zero-order valence-electron chi connectivity index (χ0n) is 9.83. The van der Waals surface area contributed by atoms with Crippen molar-refractivity contribution < 1.29 is 8.78 Å². The predicted molar refractivity (Wildman–Crippen MR) is 68.3 cm³/mol. The number of halogens is 3. The van der Waals surface area contributed by atoms with E-state index in [4.69, 9.17) is 0 Å². The molecular weight excluding hydrogens is 304 g/mol. The van der Waals surface area contributed by atoms with Gasteiger partial charge in [0.05, 0.1) is 10.9 Å². The highest BCUT2D eigenvalue weighted by Crippen LogP contribution is 2.25. The van der Waals surface area contributed by atoms with E-state index in [0.717, 1.165) is 6.42 Å². The van der Waals surface area contributed by atoms with E-state index >= 15 is 0 Å². The molecule has 2 rings (SSSR count). The largest absolute Gasteiger partial charge is 0.310 e. The molecular formula is C12H12BrF2N3. The maximum atomic E-state index is 13.7. The predicted octanol–water partition coefficient (Wildman–Crippen LogP) is 3.53. The number of benzene rings is 1. The first-order valence-electron chi connectivity index (χ1n) is 5.61. The molecule has 18 heavy (non-hydrogen) atoms. The molecule has 0 atom stereocenters. The van der Waals surface area contributed by atoms with E-state index < -0.39 is 11.6 Å². The van der Waals surface area contributed by atoms with Crippen molar-refractivity contribution in [3.05, 3.63) is 35.7 Å². The van der Waals surface area contributed by atoms with Gasteiger partial charge < -0.3 is 4.57 Å². The van der Waals surface area contributed by atoms with Crippen LogP contribution in [0.3, 0.4) is 0 Å². The Bertz CT molecular complexity index is 534. The summed E-state index contributed by atoms with van der Waals surface area (Å²) in [5.74, 6) is -0.349. The Morgan fingerprint density at radius 3 is 2.44 bits per heavy atom. The van der Waals surface area contributed by atoms with Crippen LogP contribution in [0.15, 0.2) is 18.2 Å². The Morgan fingerprint density at radius 1 is 1.22 bits per heavy atom. The van der Waals surface area contributed by atoms with Crippen molar-refractivity contribution >= 4 is 15.9 Å². The zero-order chi connectivity index (χ0) is 13.1. The highest BCUT2D eigenvalue weighted by Gasteiger charge is 2.19. The van der Waals surface area contributed by atoms with Gasteiger partial charge in [0.15, 0.2) is 5.82 Å². The van der Waals surface area contributed by atoms with E-state index in [9.17, 15) is 8.78 Å². The van der Waals surface area contributed by atoms with Crippen LogP contribution in [-0.2, 0) is 11.9 Å². The molecule has 96 valence electrons. The van der Waals surface area contributed by atoms with Gasteiger partial charge in [0.25, 0.3) is 0 Å². The van der Waals surface area contributed by atoms with Gasteiger partial charge in [0, 0.05) is 6.54 Å². The summed E-state index contributed by atoms with van der Waals surface area (Å²) in [4.78, 5) is 0. The van der Waals surface area contributed by atoms with Crippen molar-refractivity contribution in [2.75, 3.05) is 0 Å². The fraction of sp³-hybridized carbons (Fsp3) is 0.333. The molecule has 1 aromatic carbocycles. The van der Waals surface area contributed by atoms with Gasteiger partial charge in [-0.2, -0.15) is 0 Å². The minimum Gasteiger partial charge on any atom is -0.310 e. The van der Waals surface area contributed by atoms with Crippen LogP contribution in [0.1, 0.15) is 19.2 Å². The van der Waals surface area contributed by atoms with E-state index in [1.165, 1.54) is 18.2 Å². The molecule has 0 saturated carbocycles. The fourth-order valence-corrected chi connectivity index (χ4v) is 2.20. The van der Waals surface area contributed by atoms with Crippen molar-refractivity contribution in [2.24, 2.45) is 0 Å². The third-order valence-electron chi connectivity index (χ3n) is 2.58. The Hall–Kier alpha value is -1.30. The summed E-state index contributed by atoms with van der Waals surface area (Å²) in [6.45, 7) is 2.61. The summed E-state index contributed by atoms with van der Waals surface area (Å²) in [6.07, 6.45) is 0.834. The lowest BCUT2D eigenvalue weighted by Gasteiger charge is -2.09. The lowest BCUT2D eigenvalue weighted by atomic mass is 10.2. The van der Waals surface area contributed by atoms with E-state index in [2.05, 4.69) is 26.1 Å². The van der Waals surface area contributed by atoms with Crippen molar-refractivity contribution in [3.8, 4) is 11.4 Å². The molecule has 1 aromatic heterocycles. The molecule has 0 unspecified atom stereocenters. The Labute approximate surface area is 112 Å². The molecule has 2 aromatic rings. The number of rotatable bonds is 4. The SMILES string of the molecule is CCCn1c(CBr)nnc1-c1c(F)cccc1F. The first-order valence-corrected chi connectivity index (χ1v) is 6.73. The van der Waals surface area contributed by atoms with Gasteiger partial charge in [-0.3, -0.25) is 0 Å². The van der Waals surface area contributed by atoms with Crippen LogP contribution in [0.2, 0.25) is 0 Å². The zero-order valence-corrected chi connectivity index (χ0v) is 11.4. The van der Waals surface area contributed by atoms with E-state index in [1.54, 1.807) is 4.57 Å². The van der Waals surface area contributed by atoms with Crippen LogP contribution in [0.4, 0.5) is 8.78 Å². The highest BCUT2D eigenvalue weighted by molar-refractivity contribution is 9.08. The van der Waals surface area contributed by atoms with Crippen molar-refractivity contribution in [2.45, 2.75) is 25.2 Å². The standard InChI is InChI=1S/C12H12BrF2N3/c1-2-6-18-10(7-13)16-17-12(18)11-8(14)4-3-5-9(11)15/h3-5H,2,6-7H2,1H3. The summed E-state index contributed by atoms with van der Waals surface area (Å²) in [5.41, 5.74) is -0.120. The second-order valence-corrected chi connectivity index (χ2v) is 4.38. The summed E-state index contributed by atoms with van der Waals surface area (Å²) >= 11 is 3.29. The third-order valence-corrected chi connectivity index (χ3v) is 3.08. The maximum absolute atomic E-state index is 13.7. The van der Waals surface area contributed by atoms with Gasteiger partial charge in [-0.15, -0.1) is 10.2 Å². The number of nitrogens with zero attached hydrogens (tertiary/aromatic N) is 3. The van der Waals surface area contributed by atoms with E-state index in [1.807, 2.05) is 6.92 Å². The highest BCUT2D eigenvalue weighted by atomic mass is 79.9. The van der Waals surface area contributed by atoms with Gasteiger partial charge in [-0.25, -0.2) is 8.78 Å². The number of hydrogen-bond acceptors (Lipinski definition) is 2. The summed E-state index contributed by atoms with van der Waals surface area (Å²) in [6, 6.07) is 3.77. The number of alkyl halides is 1. The molecule has 0 aliphatic heterocycles. The first kappa shape index (κ1) is 13.1. The van der Waals surface area contributed by atoms with Crippen LogP contribution in [0, 0.1) is 11.6 Å². The molecule has 1 heterocycles. The molecule has 0 amide bonds. The summed E-state index contributed by atoms with van der Waals surface area (Å²) < 4.78 is 29.2. The van der Waals surface area contributed by atoms with Crippen LogP contribution < -0.4 is 0 Å². The quantitative estimate of drug-likeness (QED) is 0.808. The van der Waals surface area contributed by atoms with Gasteiger partial charge in [-0.05, 0) is 18.6 Å². The molecule has 0 spiro atoms. The lowest BCUT2D eigenvalue weighted by Crippen LogP contribution is -2.05. The second kappa shape index (κ2) is 5.56. The van der Waals surface area contributed by atoms with E-state index in [-0.39, 0.29) is 11.4 Å². The smallest absolute Gasteiger partial charge is 0.169 e. The monoisotopic (exact) mass is 315 g/mol. The number of aromatic nitrogens is 3. The summed E-state index contributed by atoms with van der Waals surface area (Å²) in [5, 5.41) is 8.34. The van der Waals surface area contributed by atoms with Gasteiger partial charge in [0.2, 0.25) is 0 Å². The average Bonchev–Trinajstić information content (AvgIpc) is 2.73. The minimum atomic E-state index is -0.624. The Kier molecular flexibility index (Phi) is 4.06. The molecule has 6 heteroatoms. The molecule has 0 radical (unpaired) electrons. The van der Waals surface area contributed by atoms with Crippen LogP contribution in [0.5, 0.6) is 0 Å². The van der Waals surface area contributed by atoms with Crippen LogP contribution in [-0.4, -0.2) is 14.8 Å². The van der Waals surface area contributed by atoms with Crippen molar-refractivity contribution in [3.63, 3.8) is 0 Å². The maximum Gasteiger partial charge on any atom is 0.169 e. The minimum absolute atomic E-state index is 0.120. The van der Waals surface area contributed by atoms with Gasteiger partial charge in [0.1, 0.15) is 17.5 Å². The van der Waals surface area contributed by atoms with Crippen molar-refractivity contribution in [1.82, 2.24) is 14.8 Å². The normalized spacial score (nSPS) is 10.9. The number of hydrogen-bond donors (Lipinski definition) is 0. The lowest BCUT2D eigenvalue weighted by molar-refractivity contribution is 0.580. The average molecular weight is 316 g/mol. The Balaban J connectivity index is 2.60. The molecule has 0 N–H and O–H groups in total. The van der Waals surface area contributed by atoms with Gasteiger partial charge in [-0.1, -0.05) is 28.9 Å². The third kappa shape index (κ3) is 2.29. The molecule has 0 fully saturated rings. The first-order chi connectivity index (χ1) is 8.69. The molecule has 0 aliphatic carbocycles. The van der Waals surface area contributed by atoms with Crippen molar-refractivity contribution in [1.29, 1.82) is 0 Å². The second-order valence-electron chi connectivity index (χ2n) is 3.82. The molecule has 0 aliphatic rings. The molecule has 3 nitrogen and oxygen atoms in total. The van der Waals surface area contributed by atoms with E-state index in [0.29, 0.717) is 17.7 Å². The topological polar surface area (TPSA) is 30.7 Å². The van der Waals surface area contributed by atoms with Crippen LogP contribution >= 0.6 is 15.9 Å². The fourth-order valence-electron chi connectivity index (χ4n) is 1.79.